The molecule has 3 rings (SSSR count). The van der Waals surface area contributed by atoms with Gasteiger partial charge < -0.3 is 4.98 Å². The average Bonchev–Trinajstić information content (AvgIpc) is 2.72. The third-order valence-electron chi connectivity index (χ3n) is 2.58. The molecule has 2 nitrogen and oxygen atoms in total. The first-order valence-electron chi connectivity index (χ1n) is 5.14. The highest BCUT2D eigenvalue weighted by atomic mass is 35.5. The van der Waals surface area contributed by atoms with E-state index in [2.05, 4.69) is 9.97 Å². The van der Waals surface area contributed by atoms with Crippen LogP contribution in [-0.4, -0.2) is 9.97 Å². The Morgan fingerprint density at radius 3 is 2.71 bits per heavy atom. The molecule has 0 aliphatic rings. The van der Waals surface area contributed by atoms with Crippen LogP contribution in [0.2, 0.25) is 5.02 Å². The predicted molar refractivity (Wildman–Crippen MR) is 66.5 cm³/mol. The maximum atomic E-state index is 13.0. The van der Waals surface area contributed by atoms with E-state index in [9.17, 15) is 4.39 Å². The summed E-state index contributed by atoms with van der Waals surface area (Å²) in [7, 11) is 0. The van der Waals surface area contributed by atoms with Gasteiger partial charge in [0.05, 0.1) is 16.1 Å². The summed E-state index contributed by atoms with van der Waals surface area (Å²) in [6.07, 6.45) is 0. The molecule has 0 saturated heterocycles. The van der Waals surface area contributed by atoms with E-state index in [1.165, 1.54) is 12.1 Å². The minimum absolute atomic E-state index is 0.351. The van der Waals surface area contributed by atoms with E-state index in [1.54, 1.807) is 6.07 Å². The number of halogens is 2. The molecule has 0 fully saturated rings. The summed E-state index contributed by atoms with van der Waals surface area (Å²) in [5.74, 6) is 0.297. The molecule has 0 radical (unpaired) electrons. The molecular weight excluding hydrogens is 239 g/mol. The van der Waals surface area contributed by atoms with Gasteiger partial charge in [-0.05, 0) is 30.3 Å². The van der Waals surface area contributed by atoms with Crippen LogP contribution in [0, 0.1) is 5.82 Å². The first-order valence-corrected chi connectivity index (χ1v) is 5.52. The summed E-state index contributed by atoms with van der Waals surface area (Å²) in [6, 6.07) is 12.0. The minimum atomic E-state index is -0.352. The van der Waals surface area contributed by atoms with Gasteiger partial charge in [0, 0.05) is 5.56 Å². The molecular formula is C13H8ClFN2. The summed E-state index contributed by atoms with van der Waals surface area (Å²) in [4.78, 5) is 7.57. The van der Waals surface area contributed by atoms with Crippen LogP contribution >= 0.6 is 11.6 Å². The standard InChI is InChI=1S/C13H8ClFN2/c14-10-7-8(15)5-6-9(10)13-16-11-3-1-2-4-12(11)17-13/h1-7H,(H,16,17). The fourth-order valence-corrected chi connectivity index (χ4v) is 2.02. The summed E-state index contributed by atoms with van der Waals surface area (Å²) in [5.41, 5.74) is 2.50. The van der Waals surface area contributed by atoms with Crippen LogP contribution in [0.25, 0.3) is 22.4 Å². The van der Waals surface area contributed by atoms with Crippen molar-refractivity contribution in [3.63, 3.8) is 0 Å². The number of nitrogens with zero attached hydrogens (tertiary/aromatic N) is 1. The highest BCUT2D eigenvalue weighted by Gasteiger charge is 2.09. The second kappa shape index (κ2) is 3.86. The number of nitrogens with one attached hydrogen (secondary N) is 1. The Morgan fingerprint density at radius 1 is 1.12 bits per heavy atom. The molecule has 1 aromatic heterocycles. The number of benzene rings is 2. The zero-order chi connectivity index (χ0) is 11.8. The zero-order valence-corrected chi connectivity index (χ0v) is 9.50. The van der Waals surface area contributed by atoms with Gasteiger partial charge in [-0.25, -0.2) is 9.37 Å². The number of hydrogen-bond acceptors (Lipinski definition) is 1. The molecule has 0 atom stereocenters. The quantitative estimate of drug-likeness (QED) is 0.690. The van der Waals surface area contributed by atoms with Gasteiger partial charge in [-0.2, -0.15) is 0 Å². The van der Waals surface area contributed by atoms with Crippen LogP contribution in [0.4, 0.5) is 4.39 Å². The van der Waals surface area contributed by atoms with Crippen molar-refractivity contribution < 1.29 is 4.39 Å². The van der Waals surface area contributed by atoms with Gasteiger partial charge in [0.15, 0.2) is 0 Å². The topological polar surface area (TPSA) is 28.7 Å². The predicted octanol–water partition coefficient (Wildman–Crippen LogP) is 4.02. The first-order chi connectivity index (χ1) is 8.24. The molecule has 0 unspecified atom stereocenters. The number of hydrogen-bond donors (Lipinski definition) is 1. The molecule has 0 spiro atoms. The molecule has 84 valence electrons. The summed E-state index contributed by atoms with van der Waals surface area (Å²) in [6.45, 7) is 0. The third kappa shape index (κ3) is 1.78. The van der Waals surface area contributed by atoms with E-state index >= 15 is 0 Å². The van der Waals surface area contributed by atoms with Gasteiger partial charge in [0.2, 0.25) is 0 Å². The Hall–Kier alpha value is -1.87. The molecule has 17 heavy (non-hydrogen) atoms. The second-order valence-electron chi connectivity index (χ2n) is 3.73. The second-order valence-corrected chi connectivity index (χ2v) is 4.13. The lowest BCUT2D eigenvalue weighted by Gasteiger charge is -1.99. The SMILES string of the molecule is Fc1ccc(-c2nc3ccccc3[nH]2)c(Cl)c1. The first kappa shape index (κ1) is 10.3. The number of H-pyrrole nitrogens is 1. The summed E-state index contributed by atoms with van der Waals surface area (Å²) in [5, 5.41) is 0.351. The maximum absolute atomic E-state index is 13.0. The van der Waals surface area contributed by atoms with E-state index in [1.807, 2.05) is 24.3 Å². The van der Waals surface area contributed by atoms with Crippen molar-refractivity contribution in [3.05, 3.63) is 53.3 Å². The molecule has 0 amide bonds. The van der Waals surface area contributed by atoms with Crippen molar-refractivity contribution in [2.75, 3.05) is 0 Å². The van der Waals surface area contributed by atoms with Gasteiger partial charge >= 0.3 is 0 Å². The third-order valence-corrected chi connectivity index (χ3v) is 2.89. The molecule has 2 aromatic carbocycles. The lowest BCUT2D eigenvalue weighted by Crippen LogP contribution is -1.83. The normalized spacial score (nSPS) is 10.9. The van der Waals surface area contributed by atoms with Crippen LogP contribution in [0.1, 0.15) is 0 Å². The van der Waals surface area contributed by atoms with Gasteiger partial charge in [-0.15, -0.1) is 0 Å². The molecule has 0 saturated carbocycles. The molecule has 0 bridgehead atoms. The highest BCUT2D eigenvalue weighted by molar-refractivity contribution is 6.33. The number of para-hydroxylation sites is 2. The van der Waals surface area contributed by atoms with Crippen LogP contribution in [0.3, 0.4) is 0 Å². The van der Waals surface area contributed by atoms with Crippen molar-refractivity contribution in [2.45, 2.75) is 0 Å². The Morgan fingerprint density at radius 2 is 1.94 bits per heavy atom. The number of aromatic amines is 1. The largest absolute Gasteiger partial charge is 0.338 e. The highest BCUT2D eigenvalue weighted by Crippen LogP contribution is 2.27. The smallest absolute Gasteiger partial charge is 0.140 e. The van der Waals surface area contributed by atoms with E-state index in [0.29, 0.717) is 16.4 Å². The lowest BCUT2D eigenvalue weighted by molar-refractivity contribution is 0.628. The van der Waals surface area contributed by atoms with Crippen LogP contribution in [0.15, 0.2) is 42.5 Å². The molecule has 4 heteroatoms. The lowest BCUT2D eigenvalue weighted by atomic mass is 10.2. The van der Waals surface area contributed by atoms with E-state index in [-0.39, 0.29) is 5.82 Å². The van der Waals surface area contributed by atoms with E-state index in [0.717, 1.165) is 11.0 Å². The minimum Gasteiger partial charge on any atom is -0.338 e. The number of aromatic nitrogens is 2. The summed E-state index contributed by atoms with van der Waals surface area (Å²) < 4.78 is 13.0. The Kier molecular flexibility index (Phi) is 2.34. The van der Waals surface area contributed by atoms with Gasteiger partial charge in [-0.3, -0.25) is 0 Å². The average molecular weight is 247 g/mol. The van der Waals surface area contributed by atoms with Gasteiger partial charge in [0.25, 0.3) is 0 Å². The molecule has 1 heterocycles. The van der Waals surface area contributed by atoms with Crippen molar-refractivity contribution in [1.82, 2.24) is 9.97 Å². The molecule has 1 N–H and O–H groups in total. The van der Waals surface area contributed by atoms with Crippen molar-refractivity contribution in [1.29, 1.82) is 0 Å². The van der Waals surface area contributed by atoms with Crippen molar-refractivity contribution >= 4 is 22.6 Å². The molecule has 0 aliphatic carbocycles. The van der Waals surface area contributed by atoms with Crippen molar-refractivity contribution in [2.24, 2.45) is 0 Å². The molecule has 3 aromatic rings. The Balaban J connectivity index is 2.20. The van der Waals surface area contributed by atoms with Crippen LogP contribution in [0.5, 0.6) is 0 Å². The van der Waals surface area contributed by atoms with Crippen LogP contribution < -0.4 is 0 Å². The van der Waals surface area contributed by atoms with Crippen LogP contribution in [-0.2, 0) is 0 Å². The molecule has 0 aliphatic heterocycles. The number of fused-ring (bicyclic) bond motifs is 1. The zero-order valence-electron chi connectivity index (χ0n) is 8.74. The van der Waals surface area contributed by atoms with E-state index < -0.39 is 0 Å². The fourth-order valence-electron chi connectivity index (χ4n) is 1.76. The number of rotatable bonds is 1. The number of imidazole rings is 1. The van der Waals surface area contributed by atoms with Gasteiger partial charge in [0.1, 0.15) is 11.6 Å². The van der Waals surface area contributed by atoms with Crippen molar-refractivity contribution in [3.8, 4) is 11.4 Å². The fraction of sp³-hybridized carbons (Fsp3) is 0. The Bertz CT molecular complexity index is 658. The Labute approximate surface area is 102 Å². The van der Waals surface area contributed by atoms with Gasteiger partial charge in [-0.1, -0.05) is 23.7 Å². The van der Waals surface area contributed by atoms with E-state index in [4.69, 9.17) is 11.6 Å². The maximum Gasteiger partial charge on any atom is 0.140 e. The summed E-state index contributed by atoms with van der Waals surface area (Å²) >= 11 is 5.99. The monoisotopic (exact) mass is 246 g/mol.